The monoisotopic (exact) mass is 393 g/mol. The van der Waals surface area contributed by atoms with E-state index in [-0.39, 0.29) is 12.7 Å². The zero-order valence-corrected chi connectivity index (χ0v) is 18.9. The first-order chi connectivity index (χ1) is 12.2. The number of phosphoric acid groups is 1. The van der Waals surface area contributed by atoms with E-state index in [1.807, 2.05) is 21.1 Å². The predicted molar refractivity (Wildman–Crippen MR) is 108 cm³/mol. The van der Waals surface area contributed by atoms with Crippen molar-refractivity contribution in [1.29, 1.82) is 0 Å². The van der Waals surface area contributed by atoms with Gasteiger partial charge in [-0.25, -0.2) is 0 Å². The van der Waals surface area contributed by atoms with Crippen LogP contribution in [0.25, 0.3) is 0 Å². The van der Waals surface area contributed by atoms with Crippen molar-refractivity contribution in [1.82, 2.24) is 0 Å². The first-order valence-electron chi connectivity index (χ1n) is 10.6. The van der Waals surface area contributed by atoms with E-state index >= 15 is 0 Å². The van der Waals surface area contributed by atoms with Crippen LogP contribution in [0.1, 0.15) is 90.9 Å². The van der Waals surface area contributed by atoms with Crippen LogP contribution in [0.3, 0.4) is 0 Å². The number of unbranched alkanes of at least 4 members (excludes halogenated alkanes) is 8. The summed E-state index contributed by atoms with van der Waals surface area (Å²) in [5.41, 5.74) is 0. The molecule has 0 aromatic carbocycles. The smallest absolute Gasteiger partial charge is 0.268 e. The van der Waals surface area contributed by atoms with Crippen LogP contribution in [-0.4, -0.2) is 44.9 Å². The fourth-order valence-corrected chi connectivity index (χ4v) is 3.78. The Balaban J connectivity index is 4.33. The molecule has 0 saturated heterocycles. The molecule has 0 rings (SSSR count). The molecule has 0 amide bonds. The van der Waals surface area contributed by atoms with E-state index in [0.717, 1.165) is 38.5 Å². The second-order valence-corrected chi connectivity index (χ2v) is 9.79. The first kappa shape index (κ1) is 26.1. The van der Waals surface area contributed by atoms with Gasteiger partial charge in [0.05, 0.1) is 27.2 Å². The maximum Gasteiger partial charge on any atom is 0.268 e. The molecule has 0 radical (unpaired) electrons. The SMILES string of the molecule is CCCCCCCC(CCCCCCC)OP(=O)([O-])OCC[N+](C)(C)C. The normalized spacial score (nSPS) is 14.7. The number of likely N-dealkylation sites (N-methyl/N-ethyl adjacent to an activating group) is 1. The van der Waals surface area contributed by atoms with Gasteiger partial charge in [0, 0.05) is 0 Å². The zero-order valence-electron chi connectivity index (χ0n) is 18.0. The second kappa shape index (κ2) is 15.0. The van der Waals surface area contributed by atoms with Gasteiger partial charge >= 0.3 is 0 Å². The number of hydrogen-bond donors (Lipinski definition) is 0. The molecule has 1 atom stereocenters. The van der Waals surface area contributed by atoms with Crippen LogP contribution in [0.4, 0.5) is 0 Å². The average molecular weight is 394 g/mol. The van der Waals surface area contributed by atoms with E-state index in [4.69, 9.17) is 9.05 Å². The van der Waals surface area contributed by atoms with E-state index in [2.05, 4.69) is 13.8 Å². The van der Waals surface area contributed by atoms with E-state index in [1.165, 1.54) is 38.5 Å². The van der Waals surface area contributed by atoms with Gasteiger partial charge in [0.25, 0.3) is 7.82 Å². The summed E-state index contributed by atoms with van der Waals surface area (Å²) in [5, 5.41) is 0. The summed E-state index contributed by atoms with van der Waals surface area (Å²) in [6, 6.07) is 0. The molecule has 1 unspecified atom stereocenters. The summed E-state index contributed by atoms with van der Waals surface area (Å²) < 4.78 is 23.4. The Hall–Kier alpha value is 0.0700. The topological polar surface area (TPSA) is 58.6 Å². The lowest BCUT2D eigenvalue weighted by atomic mass is 10.0. The molecule has 0 aliphatic rings. The van der Waals surface area contributed by atoms with Crippen LogP contribution in [0.5, 0.6) is 0 Å². The number of phosphoric ester groups is 1. The Morgan fingerprint density at radius 2 is 1.31 bits per heavy atom. The number of rotatable bonds is 18. The molecular formula is C20H44NO4P. The summed E-state index contributed by atoms with van der Waals surface area (Å²) in [6.07, 6.45) is 13.1. The highest BCUT2D eigenvalue weighted by Crippen LogP contribution is 2.41. The second-order valence-electron chi connectivity index (χ2n) is 8.43. The minimum absolute atomic E-state index is 0.171. The van der Waals surface area contributed by atoms with Gasteiger partial charge in [-0.3, -0.25) is 4.57 Å². The van der Waals surface area contributed by atoms with Gasteiger partial charge < -0.3 is 18.4 Å². The Bertz CT molecular complexity index is 357. The molecule has 0 aliphatic carbocycles. The summed E-state index contributed by atoms with van der Waals surface area (Å²) in [7, 11) is 1.81. The highest BCUT2D eigenvalue weighted by atomic mass is 31.2. The van der Waals surface area contributed by atoms with Crippen LogP contribution in [0.15, 0.2) is 0 Å². The lowest BCUT2D eigenvalue weighted by Crippen LogP contribution is -2.37. The molecule has 0 aliphatic heterocycles. The molecule has 0 aromatic heterocycles. The first-order valence-corrected chi connectivity index (χ1v) is 12.1. The van der Waals surface area contributed by atoms with Gasteiger partial charge in [0.1, 0.15) is 13.2 Å². The quantitative estimate of drug-likeness (QED) is 0.180. The third-order valence-electron chi connectivity index (χ3n) is 4.55. The summed E-state index contributed by atoms with van der Waals surface area (Å²) in [6.45, 7) is 5.20. The van der Waals surface area contributed by atoms with Crippen LogP contribution in [-0.2, 0) is 13.6 Å². The van der Waals surface area contributed by atoms with Gasteiger partial charge in [-0.2, -0.15) is 0 Å². The maximum atomic E-state index is 12.2. The van der Waals surface area contributed by atoms with Crippen molar-refractivity contribution in [2.75, 3.05) is 34.3 Å². The van der Waals surface area contributed by atoms with Gasteiger partial charge in [0.2, 0.25) is 0 Å². The lowest BCUT2D eigenvalue weighted by Gasteiger charge is -2.30. The summed E-state index contributed by atoms with van der Waals surface area (Å²) in [5.74, 6) is 0. The van der Waals surface area contributed by atoms with Crippen LogP contribution in [0.2, 0.25) is 0 Å². The Morgan fingerprint density at radius 3 is 1.73 bits per heavy atom. The number of hydrogen-bond acceptors (Lipinski definition) is 4. The predicted octanol–water partition coefficient (Wildman–Crippen LogP) is 5.28. The molecule has 5 nitrogen and oxygen atoms in total. The van der Waals surface area contributed by atoms with Crippen molar-refractivity contribution in [2.45, 2.75) is 97.0 Å². The third kappa shape index (κ3) is 17.5. The molecule has 6 heteroatoms. The van der Waals surface area contributed by atoms with Gasteiger partial charge in [-0.1, -0.05) is 78.1 Å². The van der Waals surface area contributed by atoms with E-state index in [0.29, 0.717) is 11.0 Å². The van der Waals surface area contributed by atoms with Crippen molar-refractivity contribution in [3.05, 3.63) is 0 Å². The van der Waals surface area contributed by atoms with Crippen LogP contribution < -0.4 is 4.89 Å². The molecule has 0 spiro atoms. The lowest BCUT2D eigenvalue weighted by molar-refractivity contribution is -0.870. The molecule has 158 valence electrons. The summed E-state index contributed by atoms with van der Waals surface area (Å²) >= 11 is 0. The molecule has 26 heavy (non-hydrogen) atoms. The Morgan fingerprint density at radius 1 is 0.846 bits per heavy atom. The highest BCUT2D eigenvalue weighted by molar-refractivity contribution is 7.45. The molecule has 0 fully saturated rings. The van der Waals surface area contributed by atoms with Crippen molar-refractivity contribution >= 4 is 7.82 Å². The molecule has 0 aromatic rings. The largest absolute Gasteiger partial charge is 0.756 e. The minimum atomic E-state index is -4.22. The van der Waals surface area contributed by atoms with Crippen molar-refractivity contribution in [2.24, 2.45) is 0 Å². The Kier molecular flexibility index (Phi) is 15.1. The fourth-order valence-electron chi connectivity index (χ4n) is 2.84. The standard InChI is InChI=1S/C20H44NO4P/c1-6-8-10-12-14-16-20(17-15-13-11-9-7-2)25-26(22,23)24-19-18-21(3,4)5/h20H,6-19H2,1-5H3. The van der Waals surface area contributed by atoms with Crippen molar-refractivity contribution < 1.29 is 23.0 Å². The van der Waals surface area contributed by atoms with Gasteiger partial charge in [-0.15, -0.1) is 0 Å². The Labute approximate surface area is 162 Å². The van der Waals surface area contributed by atoms with Gasteiger partial charge in [-0.05, 0) is 12.8 Å². The highest BCUT2D eigenvalue weighted by Gasteiger charge is 2.19. The molecule has 0 N–H and O–H groups in total. The number of nitrogens with zero attached hydrogens (tertiary/aromatic N) is 1. The average Bonchev–Trinajstić information content (AvgIpc) is 2.52. The maximum absolute atomic E-state index is 12.2. The minimum Gasteiger partial charge on any atom is -0.756 e. The number of quaternary nitrogens is 1. The van der Waals surface area contributed by atoms with E-state index in [9.17, 15) is 9.46 Å². The molecular weight excluding hydrogens is 349 g/mol. The summed E-state index contributed by atoms with van der Waals surface area (Å²) in [4.78, 5) is 12.2. The molecule has 0 bridgehead atoms. The fraction of sp³-hybridized carbons (Fsp3) is 1.00. The van der Waals surface area contributed by atoms with Crippen LogP contribution in [0, 0.1) is 0 Å². The van der Waals surface area contributed by atoms with E-state index < -0.39 is 7.82 Å². The van der Waals surface area contributed by atoms with Crippen LogP contribution >= 0.6 is 7.82 Å². The molecule has 0 saturated carbocycles. The molecule has 0 heterocycles. The van der Waals surface area contributed by atoms with Crippen molar-refractivity contribution in [3.8, 4) is 0 Å². The van der Waals surface area contributed by atoms with Gasteiger partial charge in [0.15, 0.2) is 0 Å². The third-order valence-corrected chi connectivity index (χ3v) is 5.60. The zero-order chi connectivity index (χ0) is 19.9. The van der Waals surface area contributed by atoms with Crippen molar-refractivity contribution in [3.63, 3.8) is 0 Å². The van der Waals surface area contributed by atoms with E-state index in [1.54, 1.807) is 0 Å².